The highest BCUT2D eigenvalue weighted by Gasteiger charge is 2.04. The summed E-state index contributed by atoms with van der Waals surface area (Å²) in [5.41, 5.74) is 1.28. The predicted octanol–water partition coefficient (Wildman–Crippen LogP) is 3.12. The van der Waals surface area contributed by atoms with Gasteiger partial charge in [0.2, 0.25) is 0 Å². The lowest BCUT2D eigenvalue weighted by atomic mass is 10.1. The molecule has 0 spiro atoms. The number of aromatic amines is 1. The molecule has 1 heterocycles. The van der Waals surface area contributed by atoms with Crippen LogP contribution in [0.4, 0.5) is 0 Å². The Morgan fingerprint density at radius 2 is 2.00 bits per heavy atom. The van der Waals surface area contributed by atoms with Gasteiger partial charge < -0.3 is 4.98 Å². The number of hydrogen-bond acceptors (Lipinski definition) is 1. The molecule has 0 amide bonds. The standard InChI is InChI=1S/C11H20N2/c1-8(2)5-6-10-7-12-11(13-10)9(3)4/h7-9H,5-6H2,1-4H3,(H,12,13). The number of aromatic nitrogens is 2. The van der Waals surface area contributed by atoms with E-state index in [0.717, 1.165) is 18.2 Å². The maximum absolute atomic E-state index is 4.34. The molecule has 0 unspecified atom stereocenters. The average Bonchev–Trinajstić information content (AvgIpc) is 2.48. The minimum atomic E-state index is 0.507. The van der Waals surface area contributed by atoms with Crippen LogP contribution in [0.3, 0.4) is 0 Å². The van der Waals surface area contributed by atoms with Crippen LogP contribution in [-0.4, -0.2) is 9.97 Å². The van der Waals surface area contributed by atoms with Gasteiger partial charge in [-0.25, -0.2) is 4.98 Å². The van der Waals surface area contributed by atoms with Crippen molar-refractivity contribution in [3.8, 4) is 0 Å². The maximum atomic E-state index is 4.34. The van der Waals surface area contributed by atoms with Crippen LogP contribution in [0.5, 0.6) is 0 Å². The van der Waals surface area contributed by atoms with E-state index in [-0.39, 0.29) is 0 Å². The van der Waals surface area contributed by atoms with Gasteiger partial charge in [0, 0.05) is 17.8 Å². The molecule has 1 N–H and O–H groups in total. The molecule has 0 aromatic carbocycles. The van der Waals surface area contributed by atoms with Crippen LogP contribution in [0, 0.1) is 5.92 Å². The van der Waals surface area contributed by atoms with Crippen LogP contribution in [0.2, 0.25) is 0 Å². The van der Waals surface area contributed by atoms with E-state index >= 15 is 0 Å². The number of aryl methyl sites for hydroxylation is 1. The van der Waals surface area contributed by atoms with Gasteiger partial charge in [-0.1, -0.05) is 27.7 Å². The second-order valence-electron chi connectivity index (χ2n) is 4.38. The van der Waals surface area contributed by atoms with Gasteiger partial charge in [-0.3, -0.25) is 0 Å². The van der Waals surface area contributed by atoms with E-state index in [1.54, 1.807) is 0 Å². The third-order valence-electron chi connectivity index (χ3n) is 2.19. The van der Waals surface area contributed by atoms with E-state index in [2.05, 4.69) is 37.7 Å². The summed E-state index contributed by atoms with van der Waals surface area (Å²) in [6.07, 6.45) is 4.33. The van der Waals surface area contributed by atoms with E-state index in [1.165, 1.54) is 12.1 Å². The summed E-state index contributed by atoms with van der Waals surface area (Å²) in [5, 5.41) is 0. The summed E-state index contributed by atoms with van der Waals surface area (Å²) >= 11 is 0. The monoisotopic (exact) mass is 180 g/mol. The first-order valence-corrected chi connectivity index (χ1v) is 5.13. The zero-order valence-electron chi connectivity index (χ0n) is 9.09. The molecule has 0 aliphatic carbocycles. The van der Waals surface area contributed by atoms with E-state index in [4.69, 9.17) is 0 Å². The Hall–Kier alpha value is -0.790. The van der Waals surface area contributed by atoms with E-state index in [0.29, 0.717) is 5.92 Å². The Morgan fingerprint density at radius 3 is 2.46 bits per heavy atom. The number of nitrogens with zero attached hydrogens (tertiary/aromatic N) is 1. The number of imidazole rings is 1. The van der Waals surface area contributed by atoms with Crippen molar-refractivity contribution < 1.29 is 0 Å². The van der Waals surface area contributed by atoms with Crippen molar-refractivity contribution in [1.29, 1.82) is 0 Å². The van der Waals surface area contributed by atoms with Crippen LogP contribution in [-0.2, 0) is 6.42 Å². The number of H-pyrrole nitrogens is 1. The van der Waals surface area contributed by atoms with Gasteiger partial charge >= 0.3 is 0 Å². The molecule has 1 aromatic rings. The Balaban J connectivity index is 2.49. The predicted molar refractivity (Wildman–Crippen MR) is 55.8 cm³/mol. The lowest BCUT2D eigenvalue weighted by Crippen LogP contribution is -1.94. The SMILES string of the molecule is CC(C)CCc1cnc(C(C)C)[nH]1. The van der Waals surface area contributed by atoms with Gasteiger partial charge in [0.05, 0.1) is 0 Å². The van der Waals surface area contributed by atoms with Crippen molar-refractivity contribution in [3.05, 3.63) is 17.7 Å². The minimum absolute atomic E-state index is 0.507. The third kappa shape index (κ3) is 3.21. The molecule has 2 heteroatoms. The zero-order valence-corrected chi connectivity index (χ0v) is 9.09. The van der Waals surface area contributed by atoms with E-state index in [1.807, 2.05) is 6.20 Å². The summed E-state index contributed by atoms with van der Waals surface area (Å²) in [7, 11) is 0. The zero-order chi connectivity index (χ0) is 9.84. The molecule has 0 aliphatic heterocycles. The molecule has 0 fully saturated rings. The highest BCUT2D eigenvalue weighted by atomic mass is 14.9. The fourth-order valence-corrected chi connectivity index (χ4v) is 1.24. The molecule has 0 bridgehead atoms. The Bertz CT molecular complexity index is 248. The fraction of sp³-hybridized carbons (Fsp3) is 0.727. The van der Waals surface area contributed by atoms with Crippen molar-refractivity contribution >= 4 is 0 Å². The van der Waals surface area contributed by atoms with Gasteiger partial charge in [0.15, 0.2) is 0 Å². The Labute approximate surface area is 80.8 Å². The molecule has 0 aliphatic rings. The molecule has 74 valence electrons. The van der Waals surface area contributed by atoms with E-state index in [9.17, 15) is 0 Å². The molecular formula is C11H20N2. The highest BCUT2D eigenvalue weighted by Crippen LogP contribution is 2.12. The van der Waals surface area contributed by atoms with Gasteiger partial charge in [-0.05, 0) is 18.8 Å². The summed E-state index contributed by atoms with van der Waals surface area (Å²) in [6.45, 7) is 8.82. The van der Waals surface area contributed by atoms with Crippen LogP contribution in [0.15, 0.2) is 6.20 Å². The summed E-state index contributed by atoms with van der Waals surface area (Å²) in [6, 6.07) is 0. The van der Waals surface area contributed by atoms with Gasteiger partial charge in [-0.2, -0.15) is 0 Å². The van der Waals surface area contributed by atoms with Crippen LogP contribution >= 0.6 is 0 Å². The van der Waals surface area contributed by atoms with Crippen molar-refractivity contribution in [2.45, 2.75) is 46.5 Å². The second-order valence-corrected chi connectivity index (χ2v) is 4.38. The first-order chi connectivity index (χ1) is 6.09. The normalized spacial score (nSPS) is 11.5. The molecule has 0 saturated carbocycles. The second kappa shape index (κ2) is 4.45. The van der Waals surface area contributed by atoms with Crippen molar-refractivity contribution in [2.75, 3.05) is 0 Å². The fourth-order valence-electron chi connectivity index (χ4n) is 1.24. The molecule has 0 radical (unpaired) electrons. The van der Waals surface area contributed by atoms with E-state index < -0.39 is 0 Å². The van der Waals surface area contributed by atoms with Crippen molar-refractivity contribution in [3.63, 3.8) is 0 Å². The third-order valence-corrected chi connectivity index (χ3v) is 2.19. The smallest absolute Gasteiger partial charge is 0.108 e. The molecule has 1 aromatic heterocycles. The first kappa shape index (κ1) is 10.3. The minimum Gasteiger partial charge on any atom is -0.346 e. The van der Waals surface area contributed by atoms with Crippen molar-refractivity contribution in [1.82, 2.24) is 9.97 Å². The lowest BCUT2D eigenvalue weighted by Gasteiger charge is -2.02. The average molecular weight is 180 g/mol. The summed E-state index contributed by atoms with van der Waals surface area (Å²) in [5.74, 6) is 2.39. The maximum Gasteiger partial charge on any atom is 0.108 e. The van der Waals surface area contributed by atoms with Crippen LogP contribution < -0.4 is 0 Å². The first-order valence-electron chi connectivity index (χ1n) is 5.13. The molecule has 0 atom stereocenters. The topological polar surface area (TPSA) is 28.7 Å². The largest absolute Gasteiger partial charge is 0.346 e. The van der Waals surface area contributed by atoms with Crippen molar-refractivity contribution in [2.24, 2.45) is 5.92 Å². The summed E-state index contributed by atoms with van der Waals surface area (Å²) in [4.78, 5) is 7.69. The number of rotatable bonds is 4. The van der Waals surface area contributed by atoms with Gasteiger partial charge in [-0.15, -0.1) is 0 Å². The highest BCUT2D eigenvalue weighted by molar-refractivity contribution is 5.04. The Morgan fingerprint density at radius 1 is 1.31 bits per heavy atom. The van der Waals surface area contributed by atoms with Crippen LogP contribution in [0.25, 0.3) is 0 Å². The summed E-state index contributed by atoms with van der Waals surface area (Å²) < 4.78 is 0. The molecule has 13 heavy (non-hydrogen) atoms. The molecule has 2 nitrogen and oxygen atoms in total. The van der Waals surface area contributed by atoms with Gasteiger partial charge in [0.1, 0.15) is 5.82 Å². The number of hydrogen-bond donors (Lipinski definition) is 1. The lowest BCUT2D eigenvalue weighted by molar-refractivity contribution is 0.581. The molecule has 1 rings (SSSR count). The molecule has 0 saturated heterocycles. The van der Waals surface area contributed by atoms with Gasteiger partial charge in [0.25, 0.3) is 0 Å². The van der Waals surface area contributed by atoms with Crippen LogP contribution in [0.1, 0.15) is 51.6 Å². The Kier molecular flexibility index (Phi) is 3.52. The molecular weight excluding hydrogens is 160 g/mol. The quantitative estimate of drug-likeness (QED) is 0.757. The number of nitrogens with one attached hydrogen (secondary N) is 1.